The first-order chi connectivity index (χ1) is 7.28. The van der Waals surface area contributed by atoms with Gasteiger partial charge < -0.3 is 5.73 Å². The molecule has 1 nitrogen and oxygen atoms in total. The fraction of sp³-hybridized carbons (Fsp3) is 0.571. The summed E-state index contributed by atoms with van der Waals surface area (Å²) in [6.07, 6.45) is 2.44. The van der Waals surface area contributed by atoms with Gasteiger partial charge in [-0.25, -0.2) is 0 Å². The van der Waals surface area contributed by atoms with Crippen molar-refractivity contribution in [2.24, 2.45) is 5.73 Å². The Labute approximate surface area is 107 Å². The van der Waals surface area contributed by atoms with Crippen LogP contribution in [0.5, 0.6) is 0 Å². The lowest BCUT2D eigenvalue weighted by atomic mass is 9.78. The molecule has 2 heteroatoms. The number of benzene rings is 1. The van der Waals surface area contributed by atoms with Crippen LogP contribution in [0.15, 0.2) is 16.6 Å². The number of rotatable bonds is 2. The number of halogens is 1. The fourth-order valence-corrected chi connectivity index (χ4v) is 2.88. The molecule has 0 spiro atoms. The van der Waals surface area contributed by atoms with E-state index in [1.54, 1.807) is 0 Å². The summed E-state index contributed by atoms with van der Waals surface area (Å²) < 4.78 is 1.22. The summed E-state index contributed by atoms with van der Waals surface area (Å²) >= 11 is 3.62. The van der Waals surface area contributed by atoms with E-state index in [4.69, 9.17) is 5.73 Å². The van der Waals surface area contributed by atoms with Crippen molar-refractivity contribution >= 4 is 15.9 Å². The van der Waals surface area contributed by atoms with Gasteiger partial charge >= 0.3 is 0 Å². The van der Waals surface area contributed by atoms with Crippen molar-refractivity contribution in [2.45, 2.75) is 51.5 Å². The molecule has 0 aliphatic heterocycles. The predicted molar refractivity (Wildman–Crippen MR) is 72.8 cm³/mol. The van der Waals surface area contributed by atoms with Gasteiger partial charge in [0.2, 0.25) is 0 Å². The van der Waals surface area contributed by atoms with E-state index >= 15 is 0 Å². The molecule has 0 aromatic heterocycles. The van der Waals surface area contributed by atoms with E-state index in [2.05, 4.69) is 55.8 Å². The molecule has 1 aromatic rings. The molecule has 1 aliphatic rings. The standard InChI is InChI=1S/C14H20BrN/c1-9-7-11(8-10(2)12(9)15)14(5-6-14)13(3,4)16/h7-8H,5-6,16H2,1-4H3. The highest BCUT2D eigenvalue weighted by molar-refractivity contribution is 9.10. The maximum atomic E-state index is 6.33. The van der Waals surface area contributed by atoms with Crippen LogP contribution in [0, 0.1) is 13.8 Å². The van der Waals surface area contributed by atoms with Gasteiger partial charge in [0.15, 0.2) is 0 Å². The molecule has 0 radical (unpaired) electrons. The Morgan fingerprint density at radius 3 is 1.94 bits per heavy atom. The van der Waals surface area contributed by atoms with Gasteiger partial charge in [-0.2, -0.15) is 0 Å². The van der Waals surface area contributed by atoms with Crippen molar-refractivity contribution < 1.29 is 0 Å². The Morgan fingerprint density at radius 1 is 1.19 bits per heavy atom. The lowest BCUT2D eigenvalue weighted by Crippen LogP contribution is -2.45. The molecule has 1 aromatic carbocycles. The molecular formula is C14H20BrN. The highest BCUT2D eigenvalue weighted by atomic mass is 79.9. The summed E-state index contributed by atoms with van der Waals surface area (Å²) in [5, 5.41) is 0. The molecule has 88 valence electrons. The van der Waals surface area contributed by atoms with Gasteiger partial charge in [0.1, 0.15) is 0 Å². The first-order valence-electron chi connectivity index (χ1n) is 5.84. The number of nitrogens with two attached hydrogens (primary N) is 1. The number of aryl methyl sites for hydroxylation is 2. The zero-order valence-electron chi connectivity index (χ0n) is 10.5. The normalized spacial score (nSPS) is 18.6. The van der Waals surface area contributed by atoms with Gasteiger partial charge in [0.05, 0.1) is 0 Å². The van der Waals surface area contributed by atoms with Gasteiger partial charge in [-0.1, -0.05) is 28.1 Å². The second kappa shape index (κ2) is 3.58. The largest absolute Gasteiger partial charge is 0.325 e. The highest BCUT2D eigenvalue weighted by Crippen LogP contribution is 2.55. The van der Waals surface area contributed by atoms with E-state index in [0.717, 1.165) is 0 Å². The Kier molecular flexibility index (Phi) is 2.71. The maximum Gasteiger partial charge on any atom is 0.0233 e. The molecule has 0 atom stereocenters. The van der Waals surface area contributed by atoms with Crippen LogP contribution in [0.2, 0.25) is 0 Å². The molecule has 1 aliphatic carbocycles. The average Bonchev–Trinajstić information content (AvgIpc) is 2.92. The van der Waals surface area contributed by atoms with Gasteiger partial charge in [-0.15, -0.1) is 0 Å². The van der Waals surface area contributed by atoms with Crippen LogP contribution in [0.3, 0.4) is 0 Å². The van der Waals surface area contributed by atoms with E-state index in [1.165, 1.54) is 34.0 Å². The van der Waals surface area contributed by atoms with Crippen LogP contribution in [-0.4, -0.2) is 5.54 Å². The average molecular weight is 282 g/mol. The number of hydrogen-bond donors (Lipinski definition) is 1. The van der Waals surface area contributed by atoms with E-state index in [9.17, 15) is 0 Å². The first-order valence-corrected chi connectivity index (χ1v) is 6.63. The highest BCUT2D eigenvalue weighted by Gasteiger charge is 2.53. The molecule has 0 unspecified atom stereocenters. The first kappa shape index (κ1) is 12.1. The summed E-state index contributed by atoms with van der Waals surface area (Å²) in [6.45, 7) is 8.60. The second-order valence-corrected chi connectivity index (χ2v) is 6.52. The predicted octanol–water partition coefficient (Wildman–Crippen LogP) is 3.83. The van der Waals surface area contributed by atoms with Crippen molar-refractivity contribution in [1.82, 2.24) is 0 Å². The third kappa shape index (κ3) is 1.72. The van der Waals surface area contributed by atoms with E-state index < -0.39 is 0 Å². The third-order valence-electron chi connectivity index (χ3n) is 3.97. The lowest BCUT2D eigenvalue weighted by molar-refractivity contribution is 0.391. The summed E-state index contributed by atoms with van der Waals surface area (Å²) in [5.74, 6) is 0. The summed E-state index contributed by atoms with van der Waals surface area (Å²) in [5.41, 5.74) is 10.5. The van der Waals surface area contributed by atoms with Crippen LogP contribution in [-0.2, 0) is 5.41 Å². The topological polar surface area (TPSA) is 26.0 Å². The van der Waals surface area contributed by atoms with Crippen LogP contribution in [0.4, 0.5) is 0 Å². The molecule has 0 heterocycles. The smallest absolute Gasteiger partial charge is 0.0233 e. The maximum absolute atomic E-state index is 6.33. The van der Waals surface area contributed by atoms with Gasteiger partial charge in [0, 0.05) is 15.4 Å². The van der Waals surface area contributed by atoms with Crippen molar-refractivity contribution in [3.63, 3.8) is 0 Å². The minimum Gasteiger partial charge on any atom is -0.325 e. The summed E-state index contributed by atoms with van der Waals surface area (Å²) in [6, 6.07) is 4.58. The zero-order valence-corrected chi connectivity index (χ0v) is 12.1. The van der Waals surface area contributed by atoms with Crippen LogP contribution in [0.1, 0.15) is 43.4 Å². The molecule has 16 heavy (non-hydrogen) atoms. The van der Waals surface area contributed by atoms with Crippen molar-refractivity contribution in [1.29, 1.82) is 0 Å². The molecule has 0 amide bonds. The van der Waals surface area contributed by atoms with Crippen molar-refractivity contribution in [3.8, 4) is 0 Å². The molecular weight excluding hydrogens is 262 g/mol. The lowest BCUT2D eigenvalue weighted by Gasteiger charge is -2.32. The Hall–Kier alpha value is -0.340. The molecule has 2 rings (SSSR count). The molecule has 0 bridgehead atoms. The summed E-state index contributed by atoms with van der Waals surface area (Å²) in [7, 11) is 0. The Morgan fingerprint density at radius 2 is 1.62 bits per heavy atom. The van der Waals surface area contributed by atoms with Crippen molar-refractivity contribution in [3.05, 3.63) is 33.3 Å². The van der Waals surface area contributed by atoms with E-state index in [1.807, 2.05) is 0 Å². The Balaban J connectivity index is 2.51. The monoisotopic (exact) mass is 281 g/mol. The van der Waals surface area contributed by atoms with Crippen LogP contribution >= 0.6 is 15.9 Å². The second-order valence-electron chi connectivity index (χ2n) is 5.73. The fourth-order valence-electron chi connectivity index (χ4n) is 2.65. The quantitative estimate of drug-likeness (QED) is 0.876. The van der Waals surface area contributed by atoms with Crippen molar-refractivity contribution in [2.75, 3.05) is 0 Å². The molecule has 1 saturated carbocycles. The van der Waals surface area contributed by atoms with Gasteiger partial charge in [0.25, 0.3) is 0 Å². The molecule has 0 saturated heterocycles. The zero-order chi connectivity index (χ0) is 12.1. The molecule has 2 N–H and O–H groups in total. The summed E-state index contributed by atoms with van der Waals surface area (Å²) in [4.78, 5) is 0. The number of hydrogen-bond acceptors (Lipinski definition) is 1. The van der Waals surface area contributed by atoms with Gasteiger partial charge in [-0.3, -0.25) is 0 Å². The minimum atomic E-state index is -0.125. The van der Waals surface area contributed by atoms with Crippen LogP contribution < -0.4 is 5.73 Å². The Bertz CT molecular complexity index is 402. The minimum absolute atomic E-state index is 0.125. The van der Waals surface area contributed by atoms with E-state index in [-0.39, 0.29) is 11.0 Å². The van der Waals surface area contributed by atoms with Gasteiger partial charge in [-0.05, 0) is 57.2 Å². The van der Waals surface area contributed by atoms with E-state index in [0.29, 0.717) is 0 Å². The molecule has 1 fully saturated rings. The SMILES string of the molecule is Cc1cc(C2(C(C)(C)N)CC2)cc(C)c1Br. The van der Waals surface area contributed by atoms with Crippen LogP contribution in [0.25, 0.3) is 0 Å². The third-order valence-corrected chi connectivity index (χ3v) is 5.22.